The molecule has 2 atom stereocenters. The van der Waals surface area contributed by atoms with Crippen LogP contribution in [0.4, 0.5) is 0 Å². The molecule has 0 radical (unpaired) electrons. The lowest BCUT2D eigenvalue weighted by Gasteiger charge is -2.22. The molecule has 2 rings (SSSR count). The van der Waals surface area contributed by atoms with E-state index < -0.39 is 9.84 Å². The highest BCUT2D eigenvalue weighted by Crippen LogP contribution is 2.33. The molecule has 2 unspecified atom stereocenters. The van der Waals surface area contributed by atoms with Crippen LogP contribution >= 0.6 is 0 Å². The quantitative estimate of drug-likeness (QED) is 0.850. The van der Waals surface area contributed by atoms with Crippen LogP contribution in [0.5, 0.6) is 0 Å². The van der Waals surface area contributed by atoms with Crippen LogP contribution in [0.3, 0.4) is 0 Å². The van der Waals surface area contributed by atoms with Crippen molar-refractivity contribution >= 4 is 9.84 Å². The fraction of sp³-hybridized carbons (Fsp3) is 0.625. The molecule has 3 nitrogen and oxygen atoms in total. The van der Waals surface area contributed by atoms with E-state index in [4.69, 9.17) is 5.73 Å². The van der Waals surface area contributed by atoms with Crippen LogP contribution in [0, 0.1) is 5.92 Å². The summed E-state index contributed by atoms with van der Waals surface area (Å²) in [7, 11) is -2.90. The molecule has 0 heterocycles. The van der Waals surface area contributed by atoms with Crippen molar-refractivity contribution in [1.82, 2.24) is 0 Å². The van der Waals surface area contributed by atoms with Crippen molar-refractivity contribution in [2.45, 2.75) is 45.1 Å². The van der Waals surface area contributed by atoms with E-state index in [0.717, 1.165) is 19.3 Å². The van der Waals surface area contributed by atoms with E-state index in [9.17, 15) is 8.42 Å². The zero-order valence-electron chi connectivity index (χ0n) is 12.2. The highest BCUT2D eigenvalue weighted by atomic mass is 32.2. The van der Waals surface area contributed by atoms with E-state index in [1.54, 1.807) is 0 Å². The molecule has 0 aliphatic heterocycles. The van der Waals surface area contributed by atoms with Crippen molar-refractivity contribution in [2.75, 3.05) is 11.5 Å². The number of hydrogen-bond donors (Lipinski definition) is 1. The summed E-state index contributed by atoms with van der Waals surface area (Å²) in [5.74, 6) is 0.859. The average molecular weight is 295 g/mol. The standard InChI is InChI=1S/C16H25NO2S/c1-2-11-20(18,19)12-10-14-8-5-7-13-6-3-4-9-15(13)16(14)17/h3-4,6,9,14,16H,2,5,7-8,10-12,17H2,1H3. The Kier molecular flexibility index (Phi) is 5.22. The van der Waals surface area contributed by atoms with Gasteiger partial charge in [-0.3, -0.25) is 0 Å². The Labute approximate surface area is 122 Å². The van der Waals surface area contributed by atoms with Gasteiger partial charge in [-0.15, -0.1) is 0 Å². The number of benzene rings is 1. The molecule has 0 bridgehead atoms. The molecule has 1 aliphatic rings. The first-order valence-electron chi connectivity index (χ1n) is 7.57. The number of sulfone groups is 1. The van der Waals surface area contributed by atoms with Gasteiger partial charge in [0, 0.05) is 11.8 Å². The van der Waals surface area contributed by atoms with Crippen LogP contribution in [0.2, 0.25) is 0 Å². The fourth-order valence-corrected chi connectivity index (χ4v) is 4.63. The minimum Gasteiger partial charge on any atom is -0.324 e. The van der Waals surface area contributed by atoms with Gasteiger partial charge in [0.2, 0.25) is 0 Å². The van der Waals surface area contributed by atoms with Crippen LogP contribution in [0.1, 0.15) is 49.8 Å². The Bertz CT molecular complexity index is 539. The molecule has 0 aromatic heterocycles. The first kappa shape index (κ1) is 15.5. The lowest BCUT2D eigenvalue weighted by molar-refractivity contribution is 0.392. The maximum atomic E-state index is 11.9. The summed E-state index contributed by atoms with van der Waals surface area (Å²) >= 11 is 0. The summed E-state index contributed by atoms with van der Waals surface area (Å²) in [5, 5.41) is 0. The van der Waals surface area contributed by atoms with Crippen molar-refractivity contribution < 1.29 is 8.42 Å². The van der Waals surface area contributed by atoms with Crippen molar-refractivity contribution in [3.63, 3.8) is 0 Å². The lowest BCUT2D eigenvalue weighted by atomic mass is 9.89. The zero-order valence-corrected chi connectivity index (χ0v) is 13.0. The largest absolute Gasteiger partial charge is 0.324 e. The van der Waals surface area contributed by atoms with Crippen LogP contribution in [0.15, 0.2) is 24.3 Å². The van der Waals surface area contributed by atoms with Gasteiger partial charge in [-0.25, -0.2) is 8.42 Å². The van der Waals surface area contributed by atoms with E-state index in [1.807, 2.05) is 13.0 Å². The molecule has 0 spiro atoms. The molecule has 0 amide bonds. The molecule has 1 aromatic carbocycles. The predicted molar refractivity (Wildman–Crippen MR) is 83.4 cm³/mol. The molecule has 1 aliphatic carbocycles. The molecule has 0 fully saturated rings. The molecule has 2 N–H and O–H groups in total. The number of aryl methyl sites for hydroxylation is 1. The van der Waals surface area contributed by atoms with E-state index >= 15 is 0 Å². The summed E-state index contributed by atoms with van der Waals surface area (Å²) in [5.41, 5.74) is 8.94. The van der Waals surface area contributed by atoms with Gasteiger partial charge in [-0.05, 0) is 49.1 Å². The summed E-state index contributed by atoms with van der Waals surface area (Å²) in [6.45, 7) is 1.91. The predicted octanol–water partition coefficient (Wildman–Crippen LogP) is 2.85. The number of rotatable bonds is 5. The average Bonchev–Trinajstić information content (AvgIpc) is 2.57. The Morgan fingerprint density at radius 1 is 1.25 bits per heavy atom. The lowest BCUT2D eigenvalue weighted by Crippen LogP contribution is -2.24. The monoisotopic (exact) mass is 295 g/mol. The Balaban J connectivity index is 2.06. The second-order valence-electron chi connectivity index (χ2n) is 5.82. The second-order valence-corrected chi connectivity index (χ2v) is 8.12. The van der Waals surface area contributed by atoms with Crippen molar-refractivity contribution in [1.29, 1.82) is 0 Å². The van der Waals surface area contributed by atoms with Gasteiger partial charge >= 0.3 is 0 Å². The number of nitrogens with two attached hydrogens (primary N) is 1. The van der Waals surface area contributed by atoms with Crippen LogP contribution in [-0.2, 0) is 16.3 Å². The third-order valence-corrected chi connectivity index (χ3v) is 6.15. The third-order valence-electron chi connectivity index (χ3n) is 4.26. The molecule has 4 heteroatoms. The summed E-state index contributed by atoms with van der Waals surface area (Å²) in [4.78, 5) is 0. The highest BCUT2D eigenvalue weighted by Gasteiger charge is 2.25. The van der Waals surface area contributed by atoms with E-state index in [1.165, 1.54) is 11.1 Å². The summed E-state index contributed by atoms with van der Waals surface area (Å²) < 4.78 is 23.7. The van der Waals surface area contributed by atoms with Gasteiger partial charge in [0.25, 0.3) is 0 Å². The third kappa shape index (κ3) is 3.83. The van der Waals surface area contributed by atoms with Crippen molar-refractivity contribution in [2.24, 2.45) is 11.7 Å². The van der Waals surface area contributed by atoms with Crippen molar-refractivity contribution in [3.8, 4) is 0 Å². The smallest absolute Gasteiger partial charge is 0.150 e. The molecule has 112 valence electrons. The van der Waals surface area contributed by atoms with Crippen LogP contribution in [-0.4, -0.2) is 19.9 Å². The molecular weight excluding hydrogens is 270 g/mol. The van der Waals surface area contributed by atoms with Gasteiger partial charge in [-0.1, -0.05) is 31.2 Å². The fourth-order valence-electron chi connectivity index (χ4n) is 3.14. The Morgan fingerprint density at radius 2 is 2.00 bits per heavy atom. The highest BCUT2D eigenvalue weighted by molar-refractivity contribution is 7.91. The van der Waals surface area contributed by atoms with Gasteiger partial charge < -0.3 is 5.73 Å². The maximum absolute atomic E-state index is 11.9. The molecule has 1 aromatic rings. The van der Waals surface area contributed by atoms with Crippen molar-refractivity contribution in [3.05, 3.63) is 35.4 Å². The van der Waals surface area contributed by atoms with E-state index in [-0.39, 0.29) is 17.7 Å². The zero-order chi connectivity index (χ0) is 14.6. The Morgan fingerprint density at radius 3 is 2.75 bits per heavy atom. The minimum atomic E-state index is -2.90. The Hall–Kier alpha value is -0.870. The topological polar surface area (TPSA) is 60.2 Å². The molecule has 20 heavy (non-hydrogen) atoms. The minimum absolute atomic E-state index is 0.0227. The van der Waals surface area contributed by atoms with Crippen LogP contribution < -0.4 is 5.73 Å². The van der Waals surface area contributed by atoms with Gasteiger partial charge in [0.1, 0.15) is 9.84 Å². The molecular formula is C16H25NO2S. The van der Waals surface area contributed by atoms with Gasteiger partial charge in [0.15, 0.2) is 0 Å². The van der Waals surface area contributed by atoms with E-state index in [0.29, 0.717) is 18.6 Å². The first-order chi connectivity index (χ1) is 9.53. The van der Waals surface area contributed by atoms with Gasteiger partial charge in [0.05, 0.1) is 5.75 Å². The van der Waals surface area contributed by atoms with Crippen LogP contribution in [0.25, 0.3) is 0 Å². The normalized spacial score (nSPS) is 23.1. The maximum Gasteiger partial charge on any atom is 0.150 e. The SMILES string of the molecule is CCCS(=O)(=O)CCC1CCCc2ccccc2C1N. The first-order valence-corrected chi connectivity index (χ1v) is 9.39. The molecule has 0 saturated heterocycles. The second kappa shape index (κ2) is 6.72. The number of hydrogen-bond acceptors (Lipinski definition) is 3. The molecule has 0 saturated carbocycles. The van der Waals surface area contributed by atoms with Gasteiger partial charge in [-0.2, -0.15) is 0 Å². The summed E-state index contributed by atoms with van der Waals surface area (Å²) in [6.07, 6.45) is 4.57. The van der Waals surface area contributed by atoms with E-state index in [2.05, 4.69) is 18.2 Å². The summed E-state index contributed by atoms with van der Waals surface area (Å²) in [6, 6.07) is 8.29. The number of fused-ring (bicyclic) bond motifs is 1.